The Kier molecular flexibility index (Phi) is 4.06. The monoisotopic (exact) mass is 292 g/mol. The molecule has 0 unspecified atom stereocenters. The van der Waals surface area contributed by atoms with Crippen molar-refractivity contribution in [2.75, 3.05) is 19.6 Å². The first-order valence-corrected chi connectivity index (χ1v) is 8.95. The molecule has 21 heavy (non-hydrogen) atoms. The third kappa shape index (κ3) is 2.62. The molecule has 3 nitrogen and oxygen atoms in total. The maximum absolute atomic E-state index is 12.3. The smallest absolute Gasteiger partial charge is 0.221 e. The minimum absolute atomic E-state index is 0.273. The van der Waals surface area contributed by atoms with Crippen molar-refractivity contribution < 1.29 is 4.79 Å². The Morgan fingerprint density at radius 1 is 1.19 bits per heavy atom. The third-order valence-corrected chi connectivity index (χ3v) is 7.23. The first-order chi connectivity index (χ1) is 9.93. The van der Waals surface area contributed by atoms with Gasteiger partial charge in [-0.25, -0.2) is 0 Å². The molecule has 2 aliphatic carbocycles. The summed E-state index contributed by atoms with van der Waals surface area (Å²) in [6.07, 6.45) is 8.47. The molecule has 3 aliphatic rings. The Balaban J connectivity index is 1.49. The second kappa shape index (κ2) is 5.57. The standard InChI is InChI=1S/C18H32N2O/c1-17(2)14-7-9-18(17,3)15(13-14)19-16(21)8-12-20-10-5-4-6-11-20/h14-15H,4-13H2,1-3H3,(H,19,21)/t14-,15-,18+/m0/s1. The summed E-state index contributed by atoms with van der Waals surface area (Å²) in [5.41, 5.74) is 0.691. The highest BCUT2D eigenvalue weighted by molar-refractivity contribution is 5.76. The predicted molar refractivity (Wildman–Crippen MR) is 86.1 cm³/mol. The summed E-state index contributed by atoms with van der Waals surface area (Å²) >= 11 is 0. The largest absolute Gasteiger partial charge is 0.353 e. The van der Waals surface area contributed by atoms with E-state index >= 15 is 0 Å². The fraction of sp³-hybridized carbons (Fsp3) is 0.944. The van der Waals surface area contributed by atoms with E-state index in [0.29, 0.717) is 23.3 Å². The summed E-state index contributed by atoms with van der Waals surface area (Å²) in [4.78, 5) is 14.8. The second-order valence-electron chi connectivity index (χ2n) is 8.38. The fourth-order valence-corrected chi connectivity index (χ4v) is 5.13. The van der Waals surface area contributed by atoms with Crippen LogP contribution in [0.2, 0.25) is 0 Å². The van der Waals surface area contributed by atoms with E-state index < -0.39 is 0 Å². The van der Waals surface area contributed by atoms with E-state index in [0.717, 1.165) is 12.5 Å². The van der Waals surface area contributed by atoms with Crippen molar-refractivity contribution in [1.29, 1.82) is 0 Å². The topological polar surface area (TPSA) is 32.3 Å². The Labute approximate surface area is 129 Å². The average molecular weight is 292 g/mol. The van der Waals surface area contributed by atoms with E-state index in [9.17, 15) is 4.79 Å². The van der Waals surface area contributed by atoms with Gasteiger partial charge in [0.25, 0.3) is 0 Å². The summed E-state index contributed by atoms with van der Waals surface area (Å²) in [5.74, 6) is 1.07. The highest BCUT2D eigenvalue weighted by atomic mass is 16.1. The van der Waals surface area contributed by atoms with Crippen LogP contribution in [0.1, 0.15) is 65.7 Å². The highest BCUT2D eigenvalue weighted by Gasteiger charge is 2.61. The molecule has 3 rings (SSSR count). The molecule has 1 N–H and O–H groups in total. The first kappa shape index (κ1) is 15.3. The normalized spacial score (nSPS) is 38.6. The van der Waals surface area contributed by atoms with Gasteiger partial charge in [-0.1, -0.05) is 27.2 Å². The number of rotatable bonds is 4. The van der Waals surface area contributed by atoms with Crippen LogP contribution in [-0.2, 0) is 4.79 Å². The predicted octanol–water partition coefficient (Wildman–Crippen LogP) is 3.19. The molecule has 0 aromatic carbocycles. The molecule has 2 saturated carbocycles. The van der Waals surface area contributed by atoms with Crippen LogP contribution in [0.4, 0.5) is 0 Å². The lowest BCUT2D eigenvalue weighted by Crippen LogP contribution is -2.47. The van der Waals surface area contributed by atoms with Crippen molar-refractivity contribution in [3.05, 3.63) is 0 Å². The van der Waals surface area contributed by atoms with Crippen LogP contribution >= 0.6 is 0 Å². The molecule has 0 spiro atoms. The first-order valence-electron chi connectivity index (χ1n) is 8.95. The van der Waals surface area contributed by atoms with Crippen molar-refractivity contribution in [2.24, 2.45) is 16.7 Å². The zero-order chi connectivity index (χ0) is 15.1. The Morgan fingerprint density at radius 2 is 1.90 bits per heavy atom. The van der Waals surface area contributed by atoms with Crippen LogP contribution in [0, 0.1) is 16.7 Å². The van der Waals surface area contributed by atoms with Gasteiger partial charge in [-0.2, -0.15) is 0 Å². The maximum Gasteiger partial charge on any atom is 0.221 e. The zero-order valence-corrected chi connectivity index (χ0v) is 14.1. The molecule has 120 valence electrons. The Morgan fingerprint density at radius 3 is 2.48 bits per heavy atom. The number of piperidine rings is 1. The van der Waals surface area contributed by atoms with E-state index in [1.165, 1.54) is 51.6 Å². The van der Waals surface area contributed by atoms with Gasteiger partial charge in [0.15, 0.2) is 0 Å². The third-order valence-electron chi connectivity index (χ3n) is 7.23. The van der Waals surface area contributed by atoms with Gasteiger partial charge in [-0.3, -0.25) is 4.79 Å². The van der Waals surface area contributed by atoms with E-state index in [2.05, 4.69) is 31.0 Å². The number of nitrogens with zero attached hydrogens (tertiary/aromatic N) is 1. The van der Waals surface area contributed by atoms with Crippen LogP contribution in [0.25, 0.3) is 0 Å². The van der Waals surface area contributed by atoms with Crippen LogP contribution in [0.5, 0.6) is 0 Å². The zero-order valence-electron chi connectivity index (χ0n) is 14.1. The van der Waals surface area contributed by atoms with Gasteiger partial charge in [0.2, 0.25) is 5.91 Å². The highest BCUT2D eigenvalue weighted by Crippen LogP contribution is 2.65. The molecule has 0 aromatic heterocycles. The molecule has 2 bridgehead atoms. The molecular weight excluding hydrogens is 260 g/mol. The number of carbonyl (C=O) groups is 1. The number of hydrogen-bond acceptors (Lipinski definition) is 2. The average Bonchev–Trinajstić information content (AvgIpc) is 2.79. The molecule has 1 saturated heterocycles. The minimum Gasteiger partial charge on any atom is -0.353 e. The van der Waals surface area contributed by atoms with Crippen molar-refractivity contribution in [3.63, 3.8) is 0 Å². The second-order valence-corrected chi connectivity index (χ2v) is 8.38. The molecule has 1 amide bonds. The molecule has 3 atom stereocenters. The van der Waals surface area contributed by atoms with E-state index in [4.69, 9.17) is 0 Å². The van der Waals surface area contributed by atoms with Crippen molar-refractivity contribution in [1.82, 2.24) is 10.2 Å². The summed E-state index contributed by atoms with van der Waals surface area (Å²) in [6, 6.07) is 0.403. The van der Waals surface area contributed by atoms with Gasteiger partial charge >= 0.3 is 0 Å². The van der Waals surface area contributed by atoms with Crippen molar-refractivity contribution in [3.8, 4) is 0 Å². The summed E-state index contributed by atoms with van der Waals surface area (Å²) < 4.78 is 0. The number of likely N-dealkylation sites (tertiary alicyclic amines) is 1. The van der Waals surface area contributed by atoms with E-state index in [1.54, 1.807) is 0 Å². The quantitative estimate of drug-likeness (QED) is 0.863. The Hall–Kier alpha value is -0.570. The molecule has 1 aliphatic heterocycles. The van der Waals surface area contributed by atoms with Gasteiger partial charge in [0.1, 0.15) is 0 Å². The lowest BCUT2D eigenvalue weighted by atomic mass is 9.69. The Bertz CT molecular complexity index is 400. The lowest BCUT2D eigenvalue weighted by Gasteiger charge is -2.39. The van der Waals surface area contributed by atoms with Gasteiger partial charge < -0.3 is 10.2 Å². The molecule has 1 heterocycles. The summed E-state index contributed by atoms with van der Waals surface area (Å²) in [7, 11) is 0. The summed E-state index contributed by atoms with van der Waals surface area (Å²) in [6.45, 7) is 10.5. The maximum atomic E-state index is 12.3. The number of amides is 1. The molecule has 0 radical (unpaired) electrons. The number of fused-ring (bicyclic) bond motifs is 2. The lowest BCUT2D eigenvalue weighted by molar-refractivity contribution is -0.123. The van der Waals surface area contributed by atoms with Crippen LogP contribution in [0.3, 0.4) is 0 Å². The molecule has 0 aromatic rings. The van der Waals surface area contributed by atoms with Crippen LogP contribution in [-0.4, -0.2) is 36.5 Å². The van der Waals surface area contributed by atoms with Crippen molar-refractivity contribution >= 4 is 5.91 Å². The fourth-order valence-electron chi connectivity index (χ4n) is 5.13. The van der Waals surface area contributed by atoms with Crippen molar-refractivity contribution in [2.45, 2.75) is 71.8 Å². The van der Waals surface area contributed by atoms with Gasteiger partial charge in [-0.15, -0.1) is 0 Å². The van der Waals surface area contributed by atoms with Gasteiger partial charge in [0.05, 0.1) is 0 Å². The summed E-state index contributed by atoms with van der Waals surface area (Å²) in [5, 5.41) is 3.38. The number of hydrogen-bond donors (Lipinski definition) is 1. The van der Waals surface area contributed by atoms with Gasteiger partial charge in [-0.05, 0) is 61.9 Å². The molecule has 3 fully saturated rings. The SMILES string of the molecule is CC1(C)[C@H]2CC[C@]1(C)[C@@H](NC(=O)CCN1CCCCC1)C2. The number of carbonyl (C=O) groups excluding carboxylic acids is 1. The van der Waals surface area contributed by atoms with Crippen LogP contribution < -0.4 is 5.32 Å². The van der Waals surface area contributed by atoms with E-state index in [-0.39, 0.29) is 5.91 Å². The van der Waals surface area contributed by atoms with Crippen LogP contribution in [0.15, 0.2) is 0 Å². The molecular formula is C18H32N2O. The number of nitrogens with one attached hydrogen (secondary N) is 1. The van der Waals surface area contributed by atoms with E-state index in [1.807, 2.05) is 0 Å². The van der Waals surface area contributed by atoms with Gasteiger partial charge in [0, 0.05) is 19.0 Å². The minimum atomic E-state index is 0.273. The molecule has 3 heteroatoms.